The summed E-state index contributed by atoms with van der Waals surface area (Å²) in [6, 6.07) is 4.28. The van der Waals surface area contributed by atoms with Crippen LogP contribution < -0.4 is 5.32 Å². The van der Waals surface area contributed by atoms with Crippen molar-refractivity contribution in [2.24, 2.45) is 0 Å². The van der Waals surface area contributed by atoms with Crippen molar-refractivity contribution in [3.63, 3.8) is 0 Å². The minimum absolute atomic E-state index is 0.0298. The van der Waals surface area contributed by atoms with Crippen LogP contribution >= 0.6 is 0 Å². The van der Waals surface area contributed by atoms with E-state index >= 15 is 0 Å². The van der Waals surface area contributed by atoms with Crippen molar-refractivity contribution in [3.05, 3.63) is 29.6 Å². The van der Waals surface area contributed by atoms with Crippen LogP contribution in [-0.4, -0.2) is 23.7 Å². The average molecular weight is 257 g/mol. The number of halogens is 3. The van der Waals surface area contributed by atoms with Crippen molar-refractivity contribution >= 4 is 5.69 Å². The average Bonchev–Trinajstić information content (AvgIpc) is 2.24. The van der Waals surface area contributed by atoms with E-state index in [0.29, 0.717) is 0 Å². The highest BCUT2D eigenvalue weighted by molar-refractivity contribution is 5.52. The van der Waals surface area contributed by atoms with Gasteiger partial charge in [0.25, 0.3) is 6.43 Å². The predicted octanol–water partition coefficient (Wildman–Crippen LogP) is 2.63. The molecule has 0 aliphatic rings. The third-order valence-corrected chi connectivity index (χ3v) is 1.95. The van der Waals surface area contributed by atoms with Gasteiger partial charge in [-0.25, -0.2) is 13.2 Å². The molecular weight excluding hydrogens is 243 g/mol. The standard InChI is InChI=1S/C13H14F3NO/c1-13(2,18)7-6-9-4-3-5-10(12(9)16)17-8-11(14)15/h3-5,11,17-18H,8H2,1-2H3. The molecule has 0 saturated carbocycles. The molecule has 0 aliphatic carbocycles. The van der Waals surface area contributed by atoms with Crippen LogP contribution in [0.5, 0.6) is 0 Å². The Morgan fingerprint density at radius 3 is 2.61 bits per heavy atom. The lowest BCUT2D eigenvalue weighted by molar-refractivity contribution is 0.143. The molecule has 1 aromatic rings. The van der Waals surface area contributed by atoms with Gasteiger partial charge in [-0.2, -0.15) is 0 Å². The maximum Gasteiger partial charge on any atom is 0.255 e. The zero-order chi connectivity index (χ0) is 13.8. The molecule has 0 amide bonds. The summed E-state index contributed by atoms with van der Waals surface area (Å²) in [4.78, 5) is 0. The quantitative estimate of drug-likeness (QED) is 0.816. The Balaban J connectivity index is 2.94. The van der Waals surface area contributed by atoms with Crippen LogP contribution in [0.25, 0.3) is 0 Å². The van der Waals surface area contributed by atoms with E-state index < -0.39 is 24.4 Å². The van der Waals surface area contributed by atoms with Crippen LogP contribution in [-0.2, 0) is 0 Å². The van der Waals surface area contributed by atoms with Crippen LogP contribution in [0.15, 0.2) is 18.2 Å². The Morgan fingerprint density at radius 1 is 1.39 bits per heavy atom. The number of hydrogen-bond acceptors (Lipinski definition) is 2. The van der Waals surface area contributed by atoms with Gasteiger partial charge >= 0.3 is 0 Å². The molecule has 0 unspecified atom stereocenters. The monoisotopic (exact) mass is 257 g/mol. The summed E-state index contributed by atoms with van der Waals surface area (Å²) in [6.07, 6.45) is -2.56. The molecule has 0 saturated heterocycles. The normalized spacial score (nSPS) is 11.1. The number of anilines is 1. The second kappa shape index (κ2) is 5.78. The molecule has 2 nitrogen and oxygen atoms in total. The molecule has 1 aromatic carbocycles. The largest absolute Gasteiger partial charge is 0.378 e. The highest BCUT2D eigenvalue weighted by atomic mass is 19.3. The number of rotatable bonds is 3. The molecule has 18 heavy (non-hydrogen) atoms. The number of alkyl halides is 2. The first kappa shape index (κ1) is 14.4. The van der Waals surface area contributed by atoms with E-state index in [-0.39, 0.29) is 11.3 Å². The van der Waals surface area contributed by atoms with Gasteiger partial charge in [0.2, 0.25) is 0 Å². The molecule has 0 aromatic heterocycles. The first-order valence-electron chi connectivity index (χ1n) is 5.35. The van der Waals surface area contributed by atoms with E-state index in [4.69, 9.17) is 0 Å². The minimum atomic E-state index is -2.56. The lowest BCUT2D eigenvalue weighted by Crippen LogP contribution is -2.14. The van der Waals surface area contributed by atoms with E-state index in [9.17, 15) is 18.3 Å². The lowest BCUT2D eigenvalue weighted by atomic mass is 10.1. The third-order valence-electron chi connectivity index (χ3n) is 1.95. The zero-order valence-corrected chi connectivity index (χ0v) is 10.1. The highest BCUT2D eigenvalue weighted by Crippen LogP contribution is 2.17. The minimum Gasteiger partial charge on any atom is -0.378 e. The van der Waals surface area contributed by atoms with Crippen molar-refractivity contribution < 1.29 is 18.3 Å². The summed E-state index contributed by atoms with van der Waals surface area (Å²) >= 11 is 0. The van der Waals surface area contributed by atoms with Crippen molar-refractivity contribution in [2.75, 3.05) is 11.9 Å². The van der Waals surface area contributed by atoms with E-state index in [0.717, 1.165) is 0 Å². The first-order valence-corrected chi connectivity index (χ1v) is 5.35. The van der Waals surface area contributed by atoms with E-state index in [1.165, 1.54) is 32.0 Å². The molecule has 0 heterocycles. The fourth-order valence-electron chi connectivity index (χ4n) is 1.17. The summed E-state index contributed by atoms with van der Waals surface area (Å²) in [5.41, 5.74) is -1.21. The van der Waals surface area contributed by atoms with Gasteiger partial charge in [-0.1, -0.05) is 17.9 Å². The van der Waals surface area contributed by atoms with E-state index in [1.54, 1.807) is 0 Å². The molecular formula is C13H14F3NO. The SMILES string of the molecule is CC(C)(O)C#Cc1cccc(NCC(F)F)c1F. The summed E-state index contributed by atoms with van der Waals surface area (Å²) in [6.45, 7) is 2.31. The third kappa shape index (κ3) is 4.68. The highest BCUT2D eigenvalue weighted by Gasteiger charge is 2.10. The molecule has 0 fully saturated rings. The molecule has 98 valence electrons. The Morgan fingerprint density at radius 2 is 2.06 bits per heavy atom. The van der Waals surface area contributed by atoms with Crippen LogP contribution in [0.1, 0.15) is 19.4 Å². The smallest absolute Gasteiger partial charge is 0.255 e. The molecule has 0 spiro atoms. The molecule has 5 heteroatoms. The van der Waals surface area contributed by atoms with Crippen molar-refractivity contribution in [3.8, 4) is 11.8 Å². The Hall–Kier alpha value is -1.67. The lowest BCUT2D eigenvalue weighted by Gasteiger charge is -2.09. The second-order valence-corrected chi connectivity index (χ2v) is 4.25. The summed E-state index contributed by atoms with van der Waals surface area (Å²) < 4.78 is 37.8. The predicted molar refractivity (Wildman–Crippen MR) is 64.1 cm³/mol. The van der Waals surface area contributed by atoms with Crippen LogP contribution in [0.3, 0.4) is 0 Å². The molecule has 0 atom stereocenters. The first-order chi connectivity index (χ1) is 8.29. The van der Waals surface area contributed by atoms with Gasteiger partial charge in [0.05, 0.1) is 17.8 Å². The molecule has 1 rings (SSSR count). The Labute approximate surface area is 104 Å². The number of hydrogen-bond donors (Lipinski definition) is 2. The van der Waals surface area contributed by atoms with E-state index in [2.05, 4.69) is 17.2 Å². The van der Waals surface area contributed by atoms with Crippen LogP contribution in [0.2, 0.25) is 0 Å². The summed E-state index contributed by atoms with van der Waals surface area (Å²) in [5.74, 6) is 4.24. The maximum absolute atomic E-state index is 13.8. The molecule has 0 aliphatic heterocycles. The van der Waals surface area contributed by atoms with Crippen LogP contribution in [0.4, 0.5) is 18.9 Å². The van der Waals surface area contributed by atoms with Gasteiger partial charge in [0.15, 0.2) is 5.82 Å². The molecule has 0 radical (unpaired) electrons. The van der Waals surface area contributed by atoms with Crippen molar-refractivity contribution in [1.29, 1.82) is 0 Å². The fourth-order valence-corrected chi connectivity index (χ4v) is 1.17. The number of aliphatic hydroxyl groups is 1. The van der Waals surface area contributed by atoms with Gasteiger partial charge in [0.1, 0.15) is 5.60 Å². The molecule has 2 N–H and O–H groups in total. The van der Waals surface area contributed by atoms with Gasteiger partial charge in [0, 0.05) is 0 Å². The summed E-state index contributed by atoms with van der Waals surface area (Å²) in [5, 5.41) is 11.7. The summed E-state index contributed by atoms with van der Waals surface area (Å²) in [7, 11) is 0. The molecule has 0 bridgehead atoms. The van der Waals surface area contributed by atoms with Gasteiger partial charge in [-0.3, -0.25) is 0 Å². The maximum atomic E-state index is 13.8. The topological polar surface area (TPSA) is 32.3 Å². The fraction of sp³-hybridized carbons (Fsp3) is 0.385. The van der Waals surface area contributed by atoms with E-state index in [1.807, 2.05) is 0 Å². The second-order valence-electron chi connectivity index (χ2n) is 4.25. The van der Waals surface area contributed by atoms with Crippen LogP contribution in [0, 0.1) is 17.7 Å². The number of benzene rings is 1. The van der Waals surface area contributed by atoms with Gasteiger partial charge in [-0.15, -0.1) is 0 Å². The van der Waals surface area contributed by atoms with Crippen molar-refractivity contribution in [1.82, 2.24) is 0 Å². The Bertz CT molecular complexity index is 469. The van der Waals surface area contributed by atoms with Crippen molar-refractivity contribution in [2.45, 2.75) is 25.9 Å². The van der Waals surface area contributed by atoms with Gasteiger partial charge in [-0.05, 0) is 26.0 Å². The number of nitrogens with one attached hydrogen (secondary N) is 1. The van der Waals surface area contributed by atoms with Gasteiger partial charge < -0.3 is 10.4 Å². The zero-order valence-electron chi connectivity index (χ0n) is 10.1. The Kier molecular flexibility index (Phi) is 4.62.